The van der Waals surface area contributed by atoms with Gasteiger partial charge in [-0.15, -0.1) is 0 Å². The quantitative estimate of drug-likeness (QED) is 0.0769. The number of rotatable bonds is 25. The van der Waals surface area contributed by atoms with Crippen LogP contribution in [0.5, 0.6) is 0 Å². The summed E-state index contributed by atoms with van der Waals surface area (Å²) in [6.45, 7) is 2.45. The van der Waals surface area contributed by atoms with Gasteiger partial charge in [-0.25, -0.2) is 0 Å². The van der Waals surface area contributed by atoms with Crippen molar-refractivity contribution in [1.82, 2.24) is 0 Å². The third-order valence-electron chi connectivity index (χ3n) is 6.26. The molecule has 1 N–H and O–H groups in total. The van der Waals surface area contributed by atoms with E-state index < -0.39 is 10.1 Å². The Bertz CT molecular complexity index is 664. The first-order chi connectivity index (χ1) is 17.1. The van der Waals surface area contributed by atoms with E-state index in [0.29, 0.717) is 13.0 Å². The van der Waals surface area contributed by atoms with Gasteiger partial charge in [0.25, 0.3) is 10.1 Å². The molecule has 0 aromatic carbocycles. The molecule has 0 aromatic heterocycles. The van der Waals surface area contributed by atoms with Crippen molar-refractivity contribution in [3.63, 3.8) is 0 Å². The molecule has 0 aliphatic rings. The van der Waals surface area contributed by atoms with Gasteiger partial charge >= 0.3 is 0 Å². The van der Waals surface area contributed by atoms with Gasteiger partial charge in [0, 0.05) is 13.0 Å². The number of aliphatic hydroxyl groups is 1. The summed E-state index contributed by atoms with van der Waals surface area (Å²) in [5, 5.41) is 8.73. The molecule has 0 saturated heterocycles. The van der Waals surface area contributed by atoms with E-state index in [2.05, 4.69) is 30.6 Å². The van der Waals surface area contributed by atoms with Gasteiger partial charge in [0.2, 0.25) is 0 Å². The summed E-state index contributed by atoms with van der Waals surface area (Å²) in [6.07, 6.45) is 26.2. The highest BCUT2D eigenvalue weighted by molar-refractivity contribution is 7.86. The summed E-state index contributed by atoms with van der Waals surface area (Å²) in [7, 11) is -3.48. The lowest BCUT2D eigenvalue weighted by Crippen LogP contribution is -2.10. The summed E-state index contributed by atoms with van der Waals surface area (Å²) >= 11 is 0. The minimum Gasteiger partial charge on any atom is -0.396 e. The average molecular weight is 511 g/mol. The predicted octanol–water partition coefficient (Wildman–Crippen LogP) is 7.93. The molecule has 0 fully saturated rings. The maximum Gasteiger partial charge on any atom is 0.268 e. The molecule has 0 aromatic rings. The first-order valence-corrected chi connectivity index (χ1v) is 16.1. The maximum absolute atomic E-state index is 11.9. The molecule has 5 heteroatoms. The van der Waals surface area contributed by atoms with Crippen LogP contribution in [0.25, 0.3) is 0 Å². The normalized spacial score (nSPS) is 11.0. The summed E-state index contributed by atoms with van der Waals surface area (Å²) in [5.74, 6) is 11.2. The number of hydrogen-bond acceptors (Lipinski definition) is 4. The van der Waals surface area contributed by atoms with Crippen LogP contribution >= 0.6 is 0 Å². The van der Waals surface area contributed by atoms with Crippen molar-refractivity contribution in [2.75, 3.05) is 19.0 Å². The van der Waals surface area contributed by atoms with Crippen LogP contribution in [0.3, 0.4) is 0 Å². The molecule has 0 atom stereocenters. The Kier molecular flexibility index (Phi) is 26.8. The second-order valence-electron chi connectivity index (χ2n) is 9.67. The second-order valence-corrected chi connectivity index (χ2v) is 11.4. The van der Waals surface area contributed by atoms with E-state index in [4.69, 9.17) is 9.29 Å². The van der Waals surface area contributed by atoms with Crippen molar-refractivity contribution in [3.05, 3.63) is 0 Å². The van der Waals surface area contributed by atoms with E-state index in [-0.39, 0.29) is 12.4 Å². The standard InChI is InChI=1S/C30H54O4S/c1-2-3-4-5-6-7-8-9-12-15-18-21-24-27-30-35(32,33)34-29-26-23-20-17-14-11-10-13-16-19-22-25-28-31/h31H,2-16,18-19,21-22,24-25,27-30H2,1H3. The van der Waals surface area contributed by atoms with Gasteiger partial charge in [-0.1, -0.05) is 134 Å². The third kappa shape index (κ3) is 29.1. The van der Waals surface area contributed by atoms with E-state index in [1.165, 1.54) is 96.3 Å². The van der Waals surface area contributed by atoms with Gasteiger partial charge < -0.3 is 5.11 Å². The molecule has 35 heavy (non-hydrogen) atoms. The molecular formula is C30H54O4S. The van der Waals surface area contributed by atoms with Gasteiger partial charge in [-0.2, -0.15) is 8.42 Å². The Hall–Kier alpha value is -1.01. The molecule has 0 spiro atoms. The molecule has 0 rings (SSSR count). The number of hydrogen-bond donors (Lipinski definition) is 1. The van der Waals surface area contributed by atoms with Gasteiger partial charge in [0.15, 0.2) is 0 Å². The van der Waals surface area contributed by atoms with Crippen molar-refractivity contribution < 1.29 is 17.7 Å². The molecule has 0 unspecified atom stereocenters. The van der Waals surface area contributed by atoms with Gasteiger partial charge in [-0.3, -0.25) is 4.18 Å². The van der Waals surface area contributed by atoms with Crippen LogP contribution in [0, 0.1) is 23.7 Å². The fraction of sp³-hybridized carbons (Fsp3) is 0.867. The van der Waals surface area contributed by atoms with Crippen molar-refractivity contribution in [2.24, 2.45) is 0 Å². The zero-order valence-corrected chi connectivity index (χ0v) is 23.6. The van der Waals surface area contributed by atoms with Gasteiger partial charge in [-0.05, 0) is 31.1 Å². The Morgan fingerprint density at radius 2 is 1.00 bits per heavy atom. The second kappa shape index (κ2) is 27.6. The van der Waals surface area contributed by atoms with Crippen LogP contribution in [0.15, 0.2) is 0 Å². The molecule has 204 valence electrons. The predicted molar refractivity (Wildman–Crippen MR) is 150 cm³/mol. The lowest BCUT2D eigenvalue weighted by atomic mass is 10.0. The fourth-order valence-corrected chi connectivity index (χ4v) is 4.96. The number of aliphatic hydroxyl groups excluding tert-OH is 1. The van der Waals surface area contributed by atoms with E-state index >= 15 is 0 Å². The Labute approximate surface area is 218 Å². The fourth-order valence-electron chi connectivity index (χ4n) is 4.05. The third-order valence-corrected chi connectivity index (χ3v) is 7.52. The summed E-state index contributed by atoms with van der Waals surface area (Å²) in [5.41, 5.74) is 0. The van der Waals surface area contributed by atoms with E-state index in [1.807, 2.05) is 0 Å². The summed E-state index contributed by atoms with van der Waals surface area (Å²) in [6, 6.07) is 0. The highest BCUT2D eigenvalue weighted by Crippen LogP contribution is 2.13. The van der Waals surface area contributed by atoms with E-state index in [9.17, 15) is 8.42 Å². The largest absolute Gasteiger partial charge is 0.396 e. The molecule has 0 bridgehead atoms. The van der Waals surface area contributed by atoms with Crippen LogP contribution in [0.2, 0.25) is 0 Å². The molecule has 0 amide bonds. The lowest BCUT2D eigenvalue weighted by Gasteiger charge is -2.04. The van der Waals surface area contributed by atoms with Crippen LogP contribution in [-0.4, -0.2) is 32.5 Å². The topological polar surface area (TPSA) is 63.6 Å². The molecular weight excluding hydrogens is 456 g/mol. The molecule has 0 saturated carbocycles. The van der Waals surface area contributed by atoms with Gasteiger partial charge in [0.1, 0.15) is 6.61 Å². The highest BCUT2D eigenvalue weighted by atomic mass is 32.2. The summed E-state index contributed by atoms with van der Waals surface area (Å²) < 4.78 is 28.8. The number of unbranched alkanes of at least 4 members (excludes halogenated alkanes) is 20. The van der Waals surface area contributed by atoms with Crippen molar-refractivity contribution in [3.8, 4) is 23.7 Å². The summed E-state index contributed by atoms with van der Waals surface area (Å²) in [4.78, 5) is 0. The first kappa shape index (κ1) is 34.0. The lowest BCUT2D eigenvalue weighted by molar-refractivity contribution is 0.282. The Balaban J connectivity index is 3.50. The van der Waals surface area contributed by atoms with Crippen LogP contribution in [0.1, 0.15) is 148 Å². The Morgan fingerprint density at radius 3 is 1.51 bits per heavy atom. The van der Waals surface area contributed by atoms with Crippen LogP contribution in [-0.2, 0) is 14.3 Å². The maximum atomic E-state index is 11.9. The minimum absolute atomic E-state index is 0.0817. The first-order valence-electron chi connectivity index (χ1n) is 14.6. The minimum atomic E-state index is -3.48. The van der Waals surface area contributed by atoms with Crippen molar-refractivity contribution in [1.29, 1.82) is 0 Å². The smallest absolute Gasteiger partial charge is 0.268 e. The molecule has 0 aliphatic heterocycles. The van der Waals surface area contributed by atoms with E-state index in [0.717, 1.165) is 38.5 Å². The van der Waals surface area contributed by atoms with Crippen LogP contribution in [0.4, 0.5) is 0 Å². The van der Waals surface area contributed by atoms with Crippen molar-refractivity contribution >= 4 is 10.1 Å². The molecule has 0 aliphatic carbocycles. The van der Waals surface area contributed by atoms with E-state index in [1.54, 1.807) is 0 Å². The zero-order chi connectivity index (χ0) is 25.7. The molecule has 0 radical (unpaired) electrons. The molecule has 0 heterocycles. The highest BCUT2D eigenvalue weighted by Gasteiger charge is 2.09. The molecule has 4 nitrogen and oxygen atoms in total. The zero-order valence-electron chi connectivity index (χ0n) is 22.8. The van der Waals surface area contributed by atoms with Gasteiger partial charge in [0.05, 0.1) is 5.75 Å². The van der Waals surface area contributed by atoms with Crippen LogP contribution < -0.4 is 0 Å². The average Bonchev–Trinajstić information content (AvgIpc) is 2.84. The Morgan fingerprint density at radius 1 is 0.571 bits per heavy atom. The van der Waals surface area contributed by atoms with Crippen molar-refractivity contribution in [2.45, 2.75) is 148 Å². The monoisotopic (exact) mass is 510 g/mol. The SMILES string of the molecule is CCCCCCCCCCCCCCCCS(=O)(=O)OCC#CC#CCCCCCCCCCO.